The molecule has 0 radical (unpaired) electrons. The Morgan fingerprint density at radius 2 is 1.85 bits per heavy atom. The summed E-state index contributed by atoms with van der Waals surface area (Å²) in [5.41, 5.74) is 0.681. The fraction of sp³-hybridized carbons (Fsp3) is 0.654. The van der Waals surface area contributed by atoms with Gasteiger partial charge in [-0.2, -0.15) is 0 Å². The summed E-state index contributed by atoms with van der Waals surface area (Å²) in [5, 5.41) is 3.66. The molecule has 7 atom stereocenters. The van der Waals surface area contributed by atoms with E-state index in [1.54, 1.807) is 6.08 Å². The number of nitrogens with one attached hydrogen (secondary N) is 1. The monoisotopic (exact) mass is 489 g/mol. The van der Waals surface area contributed by atoms with Crippen molar-refractivity contribution in [3.63, 3.8) is 0 Å². The molecule has 1 N–H and O–H groups in total. The standard InChI is InChI=1S/C26H33Cl2N3O2/c1-25-10-8-18-16(5-7-21-26(18,2)11-9-23(33)31(21)3)17(25)6-4-15(25)12-22(32)30-24-19(27)13-29-14-20(24)28/h9,11,13-18,21H,4-8,10,12H2,1-3H3,(H,29,30,32)/t15-,16?,17?,18?,21?,25-,26-/m1/s1. The Balaban J connectivity index is 1.32. The van der Waals surface area contributed by atoms with Crippen molar-refractivity contribution in [1.29, 1.82) is 0 Å². The van der Waals surface area contributed by atoms with E-state index in [-0.39, 0.29) is 22.6 Å². The molecule has 0 bridgehead atoms. The number of halogens is 2. The molecule has 4 unspecified atom stereocenters. The lowest BCUT2D eigenvalue weighted by Crippen LogP contribution is -2.59. The molecular formula is C26H33Cl2N3O2. The second-order valence-corrected chi connectivity index (χ2v) is 12.0. The van der Waals surface area contributed by atoms with Crippen LogP contribution in [0.3, 0.4) is 0 Å². The zero-order chi connectivity index (χ0) is 23.5. The van der Waals surface area contributed by atoms with Gasteiger partial charge in [-0.3, -0.25) is 14.6 Å². The first-order valence-electron chi connectivity index (χ1n) is 12.2. The second kappa shape index (κ2) is 8.27. The summed E-state index contributed by atoms with van der Waals surface area (Å²) in [6.07, 6.45) is 14.3. The van der Waals surface area contributed by atoms with Crippen molar-refractivity contribution in [2.45, 2.75) is 64.8 Å². The quantitative estimate of drug-likeness (QED) is 0.568. The van der Waals surface area contributed by atoms with E-state index in [2.05, 4.69) is 30.2 Å². The van der Waals surface area contributed by atoms with Gasteiger partial charge in [-0.25, -0.2) is 0 Å². The molecule has 3 aliphatic carbocycles. The zero-order valence-corrected chi connectivity index (χ0v) is 21.1. The van der Waals surface area contributed by atoms with Gasteiger partial charge in [-0.1, -0.05) is 43.1 Å². The largest absolute Gasteiger partial charge is 0.338 e. The van der Waals surface area contributed by atoms with Crippen LogP contribution in [-0.4, -0.2) is 34.8 Å². The van der Waals surface area contributed by atoms with Gasteiger partial charge >= 0.3 is 0 Å². The van der Waals surface area contributed by atoms with Crippen molar-refractivity contribution in [3.05, 3.63) is 34.6 Å². The molecule has 3 fully saturated rings. The van der Waals surface area contributed by atoms with Crippen molar-refractivity contribution in [2.75, 3.05) is 12.4 Å². The van der Waals surface area contributed by atoms with E-state index < -0.39 is 0 Å². The summed E-state index contributed by atoms with van der Waals surface area (Å²) in [4.78, 5) is 31.2. The number of fused-ring (bicyclic) bond motifs is 5. The van der Waals surface area contributed by atoms with Crippen molar-refractivity contribution in [3.8, 4) is 0 Å². The third-order valence-electron chi connectivity index (χ3n) is 9.87. The Kier molecular flexibility index (Phi) is 5.80. The topological polar surface area (TPSA) is 62.3 Å². The minimum absolute atomic E-state index is 0.0231. The molecule has 0 saturated heterocycles. The van der Waals surface area contributed by atoms with E-state index in [0.29, 0.717) is 51.9 Å². The van der Waals surface area contributed by atoms with Crippen LogP contribution in [0.1, 0.15) is 58.8 Å². The van der Waals surface area contributed by atoms with Crippen molar-refractivity contribution < 1.29 is 9.59 Å². The molecule has 3 saturated carbocycles. The molecule has 1 aromatic heterocycles. The maximum absolute atomic E-state index is 13.0. The van der Waals surface area contributed by atoms with Crippen LogP contribution in [-0.2, 0) is 9.59 Å². The molecule has 178 valence electrons. The van der Waals surface area contributed by atoms with Crippen LogP contribution < -0.4 is 5.32 Å². The summed E-state index contributed by atoms with van der Waals surface area (Å²) in [5.74, 6) is 2.37. The second-order valence-electron chi connectivity index (χ2n) is 11.2. The highest BCUT2D eigenvalue weighted by atomic mass is 35.5. The van der Waals surface area contributed by atoms with Crippen LogP contribution in [0.15, 0.2) is 24.5 Å². The van der Waals surface area contributed by atoms with E-state index in [0.717, 1.165) is 25.7 Å². The number of nitrogens with zero attached hydrogens (tertiary/aromatic N) is 2. The first kappa shape index (κ1) is 23.2. The maximum Gasteiger partial charge on any atom is 0.246 e. The van der Waals surface area contributed by atoms with Gasteiger partial charge in [-0.05, 0) is 73.7 Å². The lowest BCUT2D eigenvalue weighted by Gasteiger charge is -2.60. The molecule has 5 nitrogen and oxygen atoms in total. The fourth-order valence-corrected chi connectivity index (χ4v) is 8.59. The van der Waals surface area contributed by atoms with Gasteiger partial charge in [0, 0.05) is 37.3 Å². The molecule has 2 amide bonds. The van der Waals surface area contributed by atoms with Crippen molar-refractivity contribution >= 4 is 40.7 Å². The average molecular weight is 490 g/mol. The summed E-state index contributed by atoms with van der Waals surface area (Å²) < 4.78 is 0. The van der Waals surface area contributed by atoms with Gasteiger partial charge in [0.2, 0.25) is 11.8 Å². The Bertz CT molecular complexity index is 993. The number of hydrogen-bond donors (Lipinski definition) is 1. The number of rotatable bonds is 3. The first-order valence-corrected chi connectivity index (χ1v) is 13.0. The molecular weight excluding hydrogens is 457 g/mol. The molecule has 0 aromatic carbocycles. The summed E-state index contributed by atoms with van der Waals surface area (Å²) in [6.45, 7) is 4.80. The van der Waals surface area contributed by atoms with Crippen LogP contribution >= 0.6 is 23.2 Å². The zero-order valence-electron chi connectivity index (χ0n) is 19.6. The number of carbonyl (C=O) groups is 2. The van der Waals surface area contributed by atoms with E-state index in [4.69, 9.17) is 23.2 Å². The minimum Gasteiger partial charge on any atom is -0.338 e. The van der Waals surface area contributed by atoms with Gasteiger partial charge in [0.15, 0.2) is 0 Å². The molecule has 7 heteroatoms. The van der Waals surface area contributed by atoms with Crippen molar-refractivity contribution in [1.82, 2.24) is 9.88 Å². The molecule has 33 heavy (non-hydrogen) atoms. The molecule has 2 heterocycles. The van der Waals surface area contributed by atoms with E-state index >= 15 is 0 Å². The third-order valence-corrected chi connectivity index (χ3v) is 10.4. The number of likely N-dealkylation sites (N-methyl/N-ethyl adjacent to an activating group) is 1. The van der Waals surface area contributed by atoms with Crippen LogP contribution in [0.4, 0.5) is 5.69 Å². The number of aromatic nitrogens is 1. The average Bonchev–Trinajstić information content (AvgIpc) is 3.10. The minimum atomic E-state index is -0.0231. The van der Waals surface area contributed by atoms with Gasteiger partial charge in [0.05, 0.1) is 15.7 Å². The van der Waals surface area contributed by atoms with Crippen LogP contribution in [0.25, 0.3) is 0 Å². The van der Waals surface area contributed by atoms with E-state index in [1.807, 2.05) is 11.9 Å². The Hall–Kier alpha value is -1.59. The van der Waals surface area contributed by atoms with E-state index in [1.165, 1.54) is 25.2 Å². The smallest absolute Gasteiger partial charge is 0.246 e. The lowest BCUT2D eigenvalue weighted by atomic mass is 9.47. The number of anilines is 1. The Labute approximate surface area is 206 Å². The normalized spacial score (nSPS) is 39.6. The Morgan fingerprint density at radius 1 is 1.12 bits per heavy atom. The first-order chi connectivity index (χ1) is 15.6. The van der Waals surface area contributed by atoms with E-state index in [9.17, 15) is 9.59 Å². The number of carbonyl (C=O) groups excluding carboxylic acids is 2. The number of amides is 2. The molecule has 4 aliphatic rings. The summed E-state index contributed by atoms with van der Waals surface area (Å²) >= 11 is 12.4. The molecule has 1 aliphatic heterocycles. The van der Waals surface area contributed by atoms with Gasteiger partial charge in [0.25, 0.3) is 0 Å². The molecule has 5 rings (SSSR count). The Morgan fingerprint density at radius 3 is 2.58 bits per heavy atom. The van der Waals surface area contributed by atoms with Gasteiger partial charge < -0.3 is 10.2 Å². The van der Waals surface area contributed by atoms with Crippen LogP contribution in [0, 0.1) is 34.5 Å². The predicted octanol–water partition coefficient (Wildman–Crippen LogP) is 5.97. The maximum atomic E-state index is 13.0. The molecule has 0 spiro atoms. The number of pyridine rings is 1. The highest BCUT2D eigenvalue weighted by Crippen LogP contribution is 2.66. The van der Waals surface area contributed by atoms with Crippen LogP contribution in [0.2, 0.25) is 10.0 Å². The lowest BCUT2D eigenvalue weighted by molar-refractivity contribution is -0.139. The summed E-state index contributed by atoms with van der Waals surface area (Å²) in [7, 11) is 1.97. The predicted molar refractivity (Wildman–Crippen MR) is 131 cm³/mol. The highest BCUT2D eigenvalue weighted by Gasteiger charge is 2.60. The third kappa shape index (κ3) is 3.61. The van der Waals surface area contributed by atoms with Gasteiger partial charge in [0.1, 0.15) is 0 Å². The van der Waals surface area contributed by atoms with Gasteiger partial charge in [-0.15, -0.1) is 0 Å². The van der Waals surface area contributed by atoms with Crippen LogP contribution in [0.5, 0.6) is 0 Å². The SMILES string of the molecule is CN1C(=O)C=C[C@]2(C)C3CC[C@@]4(C)C(CC[C@@H]4CC(=O)Nc4c(Cl)cncc4Cl)C3CCC12. The summed E-state index contributed by atoms with van der Waals surface area (Å²) in [6, 6.07) is 0.304. The highest BCUT2D eigenvalue weighted by molar-refractivity contribution is 6.39. The van der Waals surface area contributed by atoms with Crippen molar-refractivity contribution in [2.24, 2.45) is 34.5 Å². The fourth-order valence-electron chi connectivity index (χ4n) is 8.13. The molecule has 1 aromatic rings. The number of hydrogen-bond acceptors (Lipinski definition) is 3.